The first-order valence-corrected chi connectivity index (χ1v) is 8.65. The molecule has 0 bridgehead atoms. The molecule has 0 aliphatic carbocycles. The molecule has 0 spiro atoms. The average Bonchev–Trinajstić information content (AvgIpc) is 2.62. The van der Waals surface area contributed by atoms with Gasteiger partial charge in [0.05, 0.1) is 9.82 Å². The number of hydrogen-bond acceptors (Lipinski definition) is 7. The van der Waals surface area contributed by atoms with Gasteiger partial charge in [-0.15, -0.1) is 0 Å². The van der Waals surface area contributed by atoms with E-state index in [1.165, 1.54) is 36.4 Å². The molecule has 3 N–H and O–H groups in total. The standard InChI is InChI=1S/C16H12N4O6S/c17-9-11(10-18-13-2-1-3-14(8-13)20(22)23)16(21)19-12-4-6-15(7-5-12)27(24,25)26/h1-8,10,18H,(H,19,21)(H,24,25,26)/b11-10-. The highest BCUT2D eigenvalue weighted by atomic mass is 32.2. The van der Waals surface area contributed by atoms with Crippen LogP contribution in [0.2, 0.25) is 0 Å². The zero-order valence-electron chi connectivity index (χ0n) is 13.5. The van der Waals surface area contributed by atoms with E-state index < -0.39 is 20.9 Å². The second-order valence-electron chi connectivity index (χ2n) is 5.08. The number of nitriles is 1. The van der Waals surface area contributed by atoms with Crippen molar-refractivity contribution in [2.24, 2.45) is 0 Å². The van der Waals surface area contributed by atoms with Crippen LogP contribution in [0.5, 0.6) is 0 Å². The molecule has 0 saturated heterocycles. The average molecular weight is 388 g/mol. The first-order valence-electron chi connectivity index (χ1n) is 7.21. The fraction of sp³-hybridized carbons (Fsp3) is 0. The SMILES string of the molecule is N#C/C(=C/Nc1cccc([N+](=O)[O-])c1)C(=O)Nc1ccc(S(=O)(=O)O)cc1. The predicted molar refractivity (Wildman–Crippen MR) is 95.3 cm³/mol. The molecule has 2 aromatic carbocycles. The third kappa shape index (κ3) is 5.36. The minimum atomic E-state index is -4.35. The first kappa shape index (κ1) is 19.6. The molecule has 27 heavy (non-hydrogen) atoms. The van der Waals surface area contributed by atoms with Crippen molar-refractivity contribution in [3.63, 3.8) is 0 Å². The van der Waals surface area contributed by atoms with Crippen LogP contribution < -0.4 is 10.6 Å². The van der Waals surface area contributed by atoms with Crippen LogP contribution in [0.15, 0.2) is 65.2 Å². The van der Waals surface area contributed by atoms with Gasteiger partial charge in [0.2, 0.25) is 0 Å². The number of nitro groups is 1. The Bertz CT molecular complexity index is 1060. The molecule has 10 nitrogen and oxygen atoms in total. The molecule has 1 amide bonds. The largest absolute Gasteiger partial charge is 0.360 e. The molecule has 2 rings (SSSR count). The van der Waals surface area contributed by atoms with Crippen LogP contribution in [0.1, 0.15) is 0 Å². The van der Waals surface area contributed by atoms with Gasteiger partial charge in [-0.05, 0) is 30.3 Å². The zero-order valence-corrected chi connectivity index (χ0v) is 14.3. The molecule has 138 valence electrons. The van der Waals surface area contributed by atoms with E-state index >= 15 is 0 Å². The first-order chi connectivity index (χ1) is 12.7. The molecular weight excluding hydrogens is 376 g/mol. The quantitative estimate of drug-likeness (QED) is 0.223. The van der Waals surface area contributed by atoms with E-state index in [0.29, 0.717) is 5.69 Å². The number of carbonyl (C=O) groups excluding carboxylic acids is 1. The van der Waals surface area contributed by atoms with E-state index in [-0.39, 0.29) is 21.8 Å². The lowest BCUT2D eigenvalue weighted by atomic mass is 10.2. The number of benzene rings is 2. The van der Waals surface area contributed by atoms with Gasteiger partial charge >= 0.3 is 0 Å². The van der Waals surface area contributed by atoms with Gasteiger partial charge in [-0.2, -0.15) is 13.7 Å². The topological polar surface area (TPSA) is 162 Å². The monoisotopic (exact) mass is 388 g/mol. The third-order valence-corrected chi connectivity index (χ3v) is 4.08. The Morgan fingerprint density at radius 1 is 1.19 bits per heavy atom. The number of rotatable bonds is 6. The van der Waals surface area contributed by atoms with Crippen LogP contribution in [0.4, 0.5) is 17.1 Å². The van der Waals surface area contributed by atoms with E-state index in [9.17, 15) is 23.3 Å². The van der Waals surface area contributed by atoms with Gasteiger partial charge in [0.1, 0.15) is 11.6 Å². The van der Waals surface area contributed by atoms with Crippen molar-refractivity contribution in [2.75, 3.05) is 10.6 Å². The van der Waals surface area contributed by atoms with Crippen molar-refractivity contribution in [3.8, 4) is 6.07 Å². The van der Waals surface area contributed by atoms with Crippen molar-refractivity contribution < 1.29 is 22.7 Å². The Hall–Kier alpha value is -3.75. The van der Waals surface area contributed by atoms with Crippen LogP contribution in [0.3, 0.4) is 0 Å². The Kier molecular flexibility index (Phi) is 5.86. The number of nitrogens with zero attached hydrogens (tertiary/aromatic N) is 2. The highest BCUT2D eigenvalue weighted by Gasteiger charge is 2.12. The van der Waals surface area contributed by atoms with Crippen molar-refractivity contribution >= 4 is 33.1 Å². The fourth-order valence-electron chi connectivity index (χ4n) is 1.92. The molecule has 0 unspecified atom stereocenters. The number of non-ortho nitro benzene ring substituents is 1. The van der Waals surface area contributed by atoms with E-state index in [1.54, 1.807) is 6.07 Å². The molecule has 0 radical (unpaired) electrons. The van der Waals surface area contributed by atoms with Gasteiger partial charge in [0.15, 0.2) is 0 Å². The van der Waals surface area contributed by atoms with Gasteiger partial charge in [-0.25, -0.2) is 0 Å². The summed E-state index contributed by atoms with van der Waals surface area (Å²) in [5.41, 5.74) is 0.0294. The van der Waals surface area contributed by atoms with Crippen LogP contribution in [0.25, 0.3) is 0 Å². The summed E-state index contributed by atoms with van der Waals surface area (Å²) in [6, 6.07) is 11.8. The van der Waals surface area contributed by atoms with Crippen molar-refractivity contribution in [1.82, 2.24) is 0 Å². The van der Waals surface area contributed by atoms with E-state index in [2.05, 4.69) is 10.6 Å². The van der Waals surface area contributed by atoms with Crippen LogP contribution in [-0.2, 0) is 14.9 Å². The summed E-state index contributed by atoms with van der Waals surface area (Å²) < 4.78 is 30.8. The summed E-state index contributed by atoms with van der Waals surface area (Å²) in [6.45, 7) is 0. The summed E-state index contributed by atoms with van der Waals surface area (Å²) in [5.74, 6) is -0.782. The second-order valence-corrected chi connectivity index (χ2v) is 6.50. The summed E-state index contributed by atoms with van der Waals surface area (Å²) in [7, 11) is -4.35. The number of hydrogen-bond donors (Lipinski definition) is 3. The lowest BCUT2D eigenvalue weighted by Crippen LogP contribution is -2.14. The minimum absolute atomic E-state index is 0.157. The van der Waals surface area contributed by atoms with Gasteiger partial charge in [0, 0.05) is 29.7 Å². The Morgan fingerprint density at radius 2 is 1.85 bits per heavy atom. The van der Waals surface area contributed by atoms with Crippen molar-refractivity contribution in [2.45, 2.75) is 4.90 Å². The maximum absolute atomic E-state index is 12.1. The van der Waals surface area contributed by atoms with Gasteiger partial charge < -0.3 is 10.6 Å². The zero-order chi connectivity index (χ0) is 20.0. The molecule has 0 aromatic heterocycles. The van der Waals surface area contributed by atoms with Crippen LogP contribution >= 0.6 is 0 Å². The number of carbonyl (C=O) groups is 1. The predicted octanol–water partition coefficient (Wildman–Crippen LogP) is 2.30. The van der Waals surface area contributed by atoms with Gasteiger partial charge in [0.25, 0.3) is 21.7 Å². The van der Waals surface area contributed by atoms with Gasteiger partial charge in [-0.3, -0.25) is 19.5 Å². The molecule has 0 heterocycles. The number of anilines is 2. The maximum Gasteiger partial charge on any atom is 0.294 e. The van der Waals surface area contributed by atoms with E-state index in [1.807, 2.05) is 0 Å². The summed E-state index contributed by atoms with van der Waals surface area (Å²) in [6.07, 6.45) is 1.08. The highest BCUT2D eigenvalue weighted by molar-refractivity contribution is 7.85. The molecular formula is C16H12N4O6S. The lowest BCUT2D eigenvalue weighted by Gasteiger charge is -2.06. The summed E-state index contributed by atoms with van der Waals surface area (Å²) in [5, 5.41) is 24.9. The molecule has 11 heteroatoms. The summed E-state index contributed by atoms with van der Waals surface area (Å²) in [4.78, 5) is 21.9. The van der Waals surface area contributed by atoms with Gasteiger partial charge in [-0.1, -0.05) is 6.07 Å². The number of nitrogens with one attached hydrogen (secondary N) is 2. The van der Waals surface area contributed by atoms with Crippen LogP contribution in [-0.4, -0.2) is 23.8 Å². The molecule has 0 aliphatic heterocycles. The third-order valence-electron chi connectivity index (χ3n) is 3.22. The maximum atomic E-state index is 12.1. The molecule has 0 saturated carbocycles. The normalized spacial score (nSPS) is 11.3. The Balaban J connectivity index is 2.11. The second kappa shape index (κ2) is 8.09. The molecule has 0 aliphatic rings. The van der Waals surface area contributed by atoms with Crippen LogP contribution in [0, 0.1) is 21.4 Å². The van der Waals surface area contributed by atoms with Crippen molar-refractivity contribution in [3.05, 3.63) is 70.4 Å². The fourth-order valence-corrected chi connectivity index (χ4v) is 2.40. The van der Waals surface area contributed by atoms with E-state index in [4.69, 9.17) is 9.81 Å². The molecule has 0 atom stereocenters. The Morgan fingerprint density at radius 3 is 2.41 bits per heavy atom. The smallest absolute Gasteiger partial charge is 0.294 e. The highest BCUT2D eigenvalue weighted by Crippen LogP contribution is 2.18. The lowest BCUT2D eigenvalue weighted by molar-refractivity contribution is -0.384. The number of amides is 1. The molecule has 2 aromatic rings. The molecule has 0 fully saturated rings. The number of nitro benzene ring substituents is 1. The summed E-state index contributed by atoms with van der Waals surface area (Å²) >= 11 is 0. The minimum Gasteiger partial charge on any atom is -0.360 e. The van der Waals surface area contributed by atoms with Crippen molar-refractivity contribution in [1.29, 1.82) is 5.26 Å². The van der Waals surface area contributed by atoms with E-state index in [0.717, 1.165) is 18.3 Å². The Labute approximate surface area is 153 Å².